The predicted octanol–water partition coefficient (Wildman–Crippen LogP) is 2.15. The van der Waals surface area contributed by atoms with Gasteiger partial charge in [-0.3, -0.25) is 0 Å². The second kappa shape index (κ2) is 5.09. The van der Waals surface area contributed by atoms with E-state index in [1.165, 1.54) is 0 Å². The molecule has 16 heavy (non-hydrogen) atoms. The van der Waals surface area contributed by atoms with Crippen LogP contribution in [0, 0.1) is 0 Å². The highest BCUT2D eigenvalue weighted by molar-refractivity contribution is 6.16. The molecule has 0 aliphatic heterocycles. The Bertz CT molecular complexity index is 470. The monoisotopic (exact) mass is 237 g/mol. The van der Waals surface area contributed by atoms with Crippen LogP contribution in [0.25, 0.3) is 5.69 Å². The van der Waals surface area contributed by atoms with Gasteiger partial charge in [-0.1, -0.05) is 17.3 Å². The number of halogens is 1. The summed E-state index contributed by atoms with van der Waals surface area (Å²) in [5.41, 5.74) is 2.82. The summed E-state index contributed by atoms with van der Waals surface area (Å²) < 4.78 is 6.78. The number of ether oxygens (including phenoxy) is 1. The van der Waals surface area contributed by atoms with E-state index in [1.54, 1.807) is 11.8 Å². The SMILES string of the molecule is COCc1cccc(-n2cc(CCl)nn2)c1. The molecule has 2 rings (SSSR count). The highest BCUT2D eigenvalue weighted by Gasteiger charge is 2.02. The van der Waals surface area contributed by atoms with E-state index >= 15 is 0 Å². The fraction of sp³-hybridized carbons (Fsp3) is 0.273. The molecule has 1 aromatic carbocycles. The average molecular weight is 238 g/mol. The van der Waals surface area contributed by atoms with E-state index in [2.05, 4.69) is 10.3 Å². The van der Waals surface area contributed by atoms with Crippen molar-refractivity contribution in [2.75, 3.05) is 7.11 Å². The second-order valence-electron chi connectivity index (χ2n) is 3.39. The van der Waals surface area contributed by atoms with Crippen molar-refractivity contribution in [1.82, 2.24) is 15.0 Å². The number of rotatable bonds is 4. The van der Waals surface area contributed by atoms with E-state index in [4.69, 9.17) is 16.3 Å². The largest absolute Gasteiger partial charge is 0.380 e. The molecule has 0 unspecified atom stereocenters. The van der Waals surface area contributed by atoms with Crippen LogP contribution in [0.4, 0.5) is 0 Å². The second-order valence-corrected chi connectivity index (χ2v) is 3.66. The molecule has 0 bridgehead atoms. The van der Waals surface area contributed by atoms with Crippen LogP contribution in [0.1, 0.15) is 11.3 Å². The van der Waals surface area contributed by atoms with E-state index in [-0.39, 0.29) is 0 Å². The lowest BCUT2D eigenvalue weighted by molar-refractivity contribution is 0.185. The number of hydrogen-bond acceptors (Lipinski definition) is 3. The minimum absolute atomic E-state index is 0.373. The number of benzene rings is 1. The van der Waals surface area contributed by atoms with Crippen LogP contribution in [0.15, 0.2) is 30.5 Å². The molecule has 0 N–H and O–H groups in total. The minimum Gasteiger partial charge on any atom is -0.380 e. The maximum Gasteiger partial charge on any atom is 0.0979 e. The molecular formula is C11H12ClN3O. The quantitative estimate of drug-likeness (QED) is 0.765. The lowest BCUT2D eigenvalue weighted by atomic mass is 10.2. The van der Waals surface area contributed by atoms with Gasteiger partial charge in [0.1, 0.15) is 0 Å². The smallest absolute Gasteiger partial charge is 0.0979 e. The Hall–Kier alpha value is -1.39. The number of aromatic nitrogens is 3. The van der Waals surface area contributed by atoms with Gasteiger partial charge in [-0.15, -0.1) is 16.7 Å². The zero-order valence-corrected chi connectivity index (χ0v) is 9.68. The molecule has 4 nitrogen and oxygen atoms in total. The summed E-state index contributed by atoms with van der Waals surface area (Å²) >= 11 is 5.67. The Morgan fingerprint density at radius 3 is 3.00 bits per heavy atom. The van der Waals surface area contributed by atoms with Gasteiger partial charge in [0.05, 0.1) is 30.1 Å². The van der Waals surface area contributed by atoms with Gasteiger partial charge in [-0.25, -0.2) is 4.68 Å². The average Bonchev–Trinajstić information content (AvgIpc) is 2.78. The third-order valence-corrected chi connectivity index (χ3v) is 2.44. The predicted molar refractivity (Wildman–Crippen MR) is 61.6 cm³/mol. The molecule has 0 aliphatic carbocycles. The van der Waals surface area contributed by atoms with Crippen LogP contribution in [0.3, 0.4) is 0 Å². The van der Waals surface area contributed by atoms with Crippen LogP contribution in [0.2, 0.25) is 0 Å². The van der Waals surface area contributed by atoms with Crippen molar-refractivity contribution in [3.63, 3.8) is 0 Å². The van der Waals surface area contributed by atoms with Crippen molar-refractivity contribution >= 4 is 11.6 Å². The summed E-state index contributed by atoms with van der Waals surface area (Å²) in [5, 5.41) is 7.94. The molecule has 1 heterocycles. The van der Waals surface area contributed by atoms with Gasteiger partial charge in [0.2, 0.25) is 0 Å². The van der Waals surface area contributed by atoms with Gasteiger partial charge in [0.15, 0.2) is 0 Å². The van der Waals surface area contributed by atoms with Crippen LogP contribution >= 0.6 is 11.6 Å². The summed E-state index contributed by atoms with van der Waals surface area (Å²) in [4.78, 5) is 0. The molecule has 0 saturated heterocycles. The minimum atomic E-state index is 0.373. The van der Waals surface area contributed by atoms with Gasteiger partial charge < -0.3 is 4.74 Å². The molecule has 5 heteroatoms. The normalized spacial score (nSPS) is 10.6. The van der Waals surface area contributed by atoms with Crippen molar-refractivity contribution in [1.29, 1.82) is 0 Å². The van der Waals surface area contributed by atoms with Gasteiger partial charge in [-0.2, -0.15) is 0 Å². The van der Waals surface area contributed by atoms with Crippen molar-refractivity contribution < 1.29 is 4.74 Å². The number of alkyl halides is 1. The van der Waals surface area contributed by atoms with E-state index in [0.717, 1.165) is 16.9 Å². The fourth-order valence-electron chi connectivity index (χ4n) is 1.44. The highest BCUT2D eigenvalue weighted by Crippen LogP contribution is 2.11. The first kappa shape index (κ1) is 11.1. The van der Waals surface area contributed by atoms with Crippen molar-refractivity contribution in [2.24, 2.45) is 0 Å². The lowest BCUT2D eigenvalue weighted by Gasteiger charge is -2.03. The van der Waals surface area contributed by atoms with E-state index < -0.39 is 0 Å². The molecule has 84 valence electrons. The third-order valence-electron chi connectivity index (χ3n) is 2.16. The first-order chi connectivity index (χ1) is 7.83. The summed E-state index contributed by atoms with van der Waals surface area (Å²) in [5.74, 6) is 0.373. The molecule has 0 atom stereocenters. The summed E-state index contributed by atoms with van der Waals surface area (Å²) in [6, 6.07) is 7.94. The fourth-order valence-corrected chi connectivity index (χ4v) is 1.56. The van der Waals surface area contributed by atoms with Gasteiger partial charge in [0.25, 0.3) is 0 Å². The third kappa shape index (κ3) is 2.40. The summed E-state index contributed by atoms with van der Waals surface area (Å²) in [6.45, 7) is 0.588. The maximum absolute atomic E-state index is 5.67. The van der Waals surface area contributed by atoms with Crippen LogP contribution in [-0.2, 0) is 17.2 Å². The molecule has 0 amide bonds. The Morgan fingerprint density at radius 1 is 1.44 bits per heavy atom. The Labute approximate surface area is 98.8 Å². The Kier molecular flexibility index (Phi) is 3.54. The molecule has 0 saturated carbocycles. The number of methoxy groups -OCH3 is 1. The first-order valence-electron chi connectivity index (χ1n) is 4.89. The van der Waals surface area contributed by atoms with Crippen LogP contribution in [0.5, 0.6) is 0 Å². The van der Waals surface area contributed by atoms with Crippen molar-refractivity contribution in [2.45, 2.75) is 12.5 Å². The summed E-state index contributed by atoms with van der Waals surface area (Å²) in [7, 11) is 1.67. The topological polar surface area (TPSA) is 39.9 Å². The molecule has 0 radical (unpaired) electrons. The van der Waals surface area contributed by atoms with E-state index in [9.17, 15) is 0 Å². The highest BCUT2D eigenvalue weighted by atomic mass is 35.5. The zero-order chi connectivity index (χ0) is 11.4. The zero-order valence-electron chi connectivity index (χ0n) is 8.93. The van der Waals surface area contributed by atoms with Crippen molar-refractivity contribution in [3.05, 3.63) is 41.7 Å². The number of hydrogen-bond donors (Lipinski definition) is 0. The van der Waals surface area contributed by atoms with Gasteiger partial charge in [-0.05, 0) is 17.7 Å². The standard InChI is InChI=1S/C11H12ClN3O/c1-16-8-9-3-2-4-11(5-9)15-7-10(6-12)13-14-15/h2-5,7H,6,8H2,1H3. The molecule has 1 aromatic heterocycles. The maximum atomic E-state index is 5.67. The van der Waals surface area contributed by atoms with Gasteiger partial charge in [0, 0.05) is 7.11 Å². The van der Waals surface area contributed by atoms with E-state index in [1.807, 2.05) is 30.5 Å². The molecule has 0 spiro atoms. The lowest BCUT2D eigenvalue weighted by Crippen LogP contribution is -1.96. The molecule has 2 aromatic rings. The molecule has 0 fully saturated rings. The van der Waals surface area contributed by atoms with Crippen LogP contribution < -0.4 is 0 Å². The van der Waals surface area contributed by atoms with E-state index in [0.29, 0.717) is 12.5 Å². The van der Waals surface area contributed by atoms with Gasteiger partial charge >= 0.3 is 0 Å². The van der Waals surface area contributed by atoms with Crippen molar-refractivity contribution in [3.8, 4) is 5.69 Å². The Balaban J connectivity index is 2.28. The van der Waals surface area contributed by atoms with Crippen LogP contribution in [-0.4, -0.2) is 22.1 Å². The molecule has 0 aliphatic rings. The number of nitrogens with zero attached hydrogens (tertiary/aromatic N) is 3. The summed E-state index contributed by atoms with van der Waals surface area (Å²) in [6.07, 6.45) is 1.82. The first-order valence-corrected chi connectivity index (χ1v) is 5.42. The molecular weight excluding hydrogens is 226 g/mol. The Morgan fingerprint density at radius 2 is 2.31 bits per heavy atom.